The highest BCUT2D eigenvalue weighted by molar-refractivity contribution is 5.47. The van der Waals surface area contributed by atoms with Crippen molar-refractivity contribution in [3.05, 3.63) is 53.6 Å². The molecule has 0 aliphatic carbocycles. The van der Waals surface area contributed by atoms with Crippen LogP contribution >= 0.6 is 0 Å². The van der Waals surface area contributed by atoms with Gasteiger partial charge in [-0.25, -0.2) is 0 Å². The molecule has 0 spiro atoms. The zero-order valence-corrected chi connectivity index (χ0v) is 9.36. The Hall–Kier alpha value is -1.96. The quantitative estimate of drug-likeness (QED) is 0.733. The summed E-state index contributed by atoms with van der Waals surface area (Å²) in [5.74, 6) is 1.57. The first-order valence-electron chi connectivity index (χ1n) is 5.18. The average molecular weight is 213 g/mol. The van der Waals surface area contributed by atoms with Gasteiger partial charge in [0.2, 0.25) is 0 Å². The average Bonchev–Trinajstić information content (AvgIpc) is 2.31. The van der Waals surface area contributed by atoms with Crippen LogP contribution in [0, 0.1) is 13.8 Å². The zero-order chi connectivity index (χ0) is 11.5. The Bertz CT molecular complexity index is 490. The predicted molar refractivity (Wildman–Crippen MR) is 62.6 cm³/mol. The van der Waals surface area contributed by atoms with E-state index in [1.54, 1.807) is 12.1 Å². The van der Waals surface area contributed by atoms with Crippen LogP contribution in [0.3, 0.4) is 0 Å². The molecule has 81 valence electrons. The van der Waals surface area contributed by atoms with Gasteiger partial charge in [-0.1, -0.05) is 18.2 Å². The summed E-state index contributed by atoms with van der Waals surface area (Å²) in [7, 11) is 0. The maximum Gasteiger partial charge on any atom is 0.182 e. The lowest BCUT2D eigenvalue weighted by Gasteiger charge is -2.10. The van der Waals surface area contributed by atoms with Gasteiger partial charge in [-0.15, -0.1) is 0 Å². The molecule has 0 aromatic heterocycles. The third-order valence-electron chi connectivity index (χ3n) is 2.66. The van der Waals surface area contributed by atoms with Gasteiger partial charge in [0.15, 0.2) is 5.75 Å². The van der Waals surface area contributed by atoms with E-state index in [0.717, 1.165) is 22.6 Å². The van der Waals surface area contributed by atoms with Crippen molar-refractivity contribution in [1.82, 2.24) is 0 Å². The van der Waals surface area contributed by atoms with E-state index in [2.05, 4.69) is 0 Å². The minimum absolute atomic E-state index is 0.0536. The molecule has 2 aromatic carbocycles. The smallest absolute Gasteiger partial charge is 0.182 e. The van der Waals surface area contributed by atoms with Crippen molar-refractivity contribution in [3.63, 3.8) is 0 Å². The van der Waals surface area contributed by atoms with E-state index >= 15 is 0 Å². The van der Waals surface area contributed by atoms with Gasteiger partial charge in [0.05, 0.1) is 0 Å². The van der Waals surface area contributed by atoms with Gasteiger partial charge in [0, 0.05) is 5.56 Å². The molecule has 0 aliphatic rings. The van der Waals surface area contributed by atoms with Crippen molar-refractivity contribution in [2.75, 3.05) is 0 Å². The lowest BCUT2D eigenvalue weighted by atomic mass is 10.1. The van der Waals surface area contributed by atoms with Crippen molar-refractivity contribution >= 4 is 0 Å². The molecule has 16 heavy (non-hydrogen) atoms. The number of para-hydroxylation sites is 1. The van der Waals surface area contributed by atoms with E-state index < -0.39 is 0 Å². The summed E-state index contributed by atoms with van der Waals surface area (Å²) >= 11 is 0. The van der Waals surface area contributed by atoms with Crippen LogP contribution in [0.5, 0.6) is 17.2 Å². The number of hydrogen-bond donors (Lipinski definition) is 0. The fraction of sp³-hybridized carbons (Fsp3) is 0.143. The monoisotopic (exact) mass is 213 g/mol. The summed E-state index contributed by atoms with van der Waals surface area (Å²) in [5.41, 5.74) is 1.64. The second-order valence-electron chi connectivity index (χ2n) is 3.73. The minimum Gasteiger partial charge on any atom is -0.457 e. The van der Waals surface area contributed by atoms with Crippen LogP contribution < -0.4 is 4.74 Å². The Morgan fingerprint density at radius 3 is 2.25 bits per heavy atom. The first-order valence-corrected chi connectivity index (χ1v) is 5.18. The second kappa shape index (κ2) is 4.27. The minimum atomic E-state index is 0.0536. The van der Waals surface area contributed by atoms with Crippen LogP contribution in [0.2, 0.25) is 0 Å². The molecule has 0 amide bonds. The molecule has 2 aromatic rings. The molecule has 0 aliphatic heterocycles. The van der Waals surface area contributed by atoms with Gasteiger partial charge in [0.25, 0.3) is 0 Å². The lowest BCUT2D eigenvalue weighted by Crippen LogP contribution is -1.89. The largest absolute Gasteiger partial charge is 0.457 e. The van der Waals surface area contributed by atoms with Crippen LogP contribution in [-0.4, -0.2) is 0 Å². The summed E-state index contributed by atoms with van der Waals surface area (Å²) < 4.78 is 5.71. The topological polar surface area (TPSA) is 29.1 Å². The van der Waals surface area contributed by atoms with Crippen LogP contribution in [0.15, 0.2) is 42.5 Å². The molecule has 0 fully saturated rings. The Labute approximate surface area is 95.1 Å². The van der Waals surface area contributed by atoms with Gasteiger partial charge < -0.3 is 4.74 Å². The van der Waals surface area contributed by atoms with E-state index in [1.807, 2.05) is 44.2 Å². The molecule has 0 N–H and O–H groups in total. The molecular weight excluding hydrogens is 200 g/mol. The number of ether oxygens (including phenoxy) is 1. The Morgan fingerprint density at radius 2 is 1.56 bits per heavy atom. The summed E-state index contributed by atoms with van der Waals surface area (Å²) in [4.78, 5) is 0. The molecule has 2 nitrogen and oxygen atoms in total. The van der Waals surface area contributed by atoms with Crippen molar-refractivity contribution in [2.24, 2.45) is 0 Å². The zero-order valence-electron chi connectivity index (χ0n) is 9.36. The van der Waals surface area contributed by atoms with E-state index in [9.17, 15) is 5.11 Å². The van der Waals surface area contributed by atoms with E-state index in [0.29, 0.717) is 0 Å². The number of hydrogen-bond acceptors (Lipinski definition) is 1. The molecule has 0 atom stereocenters. The molecule has 2 rings (SSSR count). The Morgan fingerprint density at radius 1 is 0.875 bits per heavy atom. The fourth-order valence-electron chi connectivity index (χ4n) is 1.50. The van der Waals surface area contributed by atoms with Crippen LogP contribution in [-0.2, 0) is 5.11 Å². The van der Waals surface area contributed by atoms with E-state index in [4.69, 9.17) is 4.74 Å². The second-order valence-corrected chi connectivity index (χ2v) is 3.73. The van der Waals surface area contributed by atoms with Crippen LogP contribution in [0.25, 0.3) is 0 Å². The maximum absolute atomic E-state index is 11.4. The molecule has 0 saturated carbocycles. The molecule has 0 unspecified atom stereocenters. The third kappa shape index (κ3) is 2.01. The predicted octanol–water partition coefficient (Wildman–Crippen LogP) is 4.24. The standard InChI is InChI=1S/C14H13O2/c1-10-11(2)14(9-8-13(10)15)16-12-6-4-3-5-7-12/h3-9H,1-2H3. The van der Waals surface area contributed by atoms with Gasteiger partial charge in [-0.3, -0.25) is 5.11 Å². The lowest BCUT2D eigenvalue weighted by molar-refractivity contribution is 0.350. The van der Waals surface area contributed by atoms with Gasteiger partial charge in [0.1, 0.15) is 11.5 Å². The van der Waals surface area contributed by atoms with Gasteiger partial charge >= 0.3 is 0 Å². The molecule has 0 heterocycles. The Kier molecular flexibility index (Phi) is 2.82. The highest BCUT2D eigenvalue weighted by Gasteiger charge is 2.08. The molecule has 0 bridgehead atoms. The molecule has 1 radical (unpaired) electrons. The van der Waals surface area contributed by atoms with Crippen LogP contribution in [0.4, 0.5) is 0 Å². The maximum atomic E-state index is 11.4. The highest BCUT2D eigenvalue weighted by atomic mass is 16.5. The van der Waals surface area contributed by atoms with Gasteiger partial charge in [-0.2, -0.15) is 0 Å². The summed E-state index contributed by atoms with van der Waals surface area (Å²) in [5, 5.41) is 11.4. The molecule has 0 saturated heterocycles. The number of benzene rings is 2. The van der Waals surface area contributed by atoms with Gasteiger partial charge in [-0.05, 0) is 43.7 Å². The van der Waals surface area contributed by atoms with Crippen LogP contribution in [0.1, 0.15) is 11.1 Å². The SMILES string of the molecule is Cc1c([O])ccc(Oc2ccccc2)c1C. The fourth-order valence-corrected chi connectivity index (χ4v) is 1.50. The first kappa shape index (κ1) is 10.6. The van der Waals surface area contributed by atoms with Crippen molar-refractivity contribution < 1.29 is 9.84 Å². The molecular formula is C14H13O2. The van der Waals surface area contributed by atoms with Crippen molar-refractivity contribution in [1.29, 1.82) is 0 Å². The first-order chi connectivity index (χ1) is 7.68. The number of rotatable bonds is 2. The normalized spacial score (nSPS) is 10.1. The van der Waals surface area contributed by atoms with E-state index in [1.165, 1.54) is 0 Å². The van der Waals surface area contributed by atoms with E-state index in [-0.39, 0.29) is 5.75 Å². The molecule has 2 heteroatoms. The highest BCUT2D eigenvalue weighted by Crippen LogP contribution is 2.31. The summed E-state index contributed by atoms with van der Waals surface area (Å²) in [6.45, 7) is 3.71. The third-order valence-corrected chi connectivity index (χ3v) is 2.66. The Balaban J connectivity index is 2.33. The van der Waals surface area contributed by atoms with Crippen molar-refractivity contribution in [2.45, 2.75) is 13.8 Å². The summed E-state index contributed by atoms with van der Waals surface area (Å²) in [6.07, 6.45) is 0. The van der Waals surface area contributed by atoms with Crippen molar-refractivity contribution in [3.8, 4) is 17.2 Å². The summed E-state index contributed by atoms with van der Waals surface area (Å²) in [6, 6.07) is 12.8.